The fraction of sp³-hybridized carbons (Fsp3) is 0.412. The maximum absolute atomic E-state index is 14.4. The van der Waals surface area contributed by atoms with Crippen molar-refractivity contribution in [1.82, 2.24) is 45.5 Å². The Balaban J connectivity index is 0.797. The minimum Gasteiger partial charge on any atom is -0.546 e. The smallest absolute Gasteiger partial charge is 0.408 e. The number of carbonyl (C=O) groups is 7. The maximum atomic E-state index is 14.4. The maximum Gasteiger partial charge on any atom is 0.408 e. The Labute approximate surface area is 571 Å². The summed E-state index contributed by atoms with van der Waals surface area (Å²) in [5, 5.41) is 29.0. The summed E-state index contributed by atoms with van der Waals surface area (Å²) >= 11 is 8.52. The Morgan fingerprint density at radius 1 is 0.898 bits per heavy atom. The van der Waals surface area contributed by atoms with Gasteiger partial charge in [-0.05, 0) is 84.4 Å². The van der Waals surface area contributed by atoms with E-state index in [1.807, 2.05) is 25.1 Å². The average Bonchev–Trinajstić information content (AvgIpc) is 1.56. The van der Waals surface area contributed by atoms with Crippen LogP contribution in [0.1, 0.15) is 63.3 Å². The van der Waals surface area contributed by atoms with Crippen molar-refractivity contribution in [3.8, 4) is 11.6 Å². The van der Waals surface area contributed by atoms with Gasteiger partial charge in [0.25, 0.3) is 11.8 Å². The molecule has 0 saturated carbocycles. The van der Waals surface area contributed by atoms with Gasteiger partial charge in [-0.25, -0.2) is 19.2 Å². The van der Waals surface area contributed by atoms with Crippen molar-refractivity contribution in [2.45, 2.75) is 96.9 Å². The number of fused-ring (bicyclic) bond motifs is 1. The lowest BCUT2D eigenvalue weighted by Crippen LogP contribution is -2.57. The van der Waals surface area contributed by atoms with E-state index < -0.39 is 84.2 Å². The number of quaternary nitrogens is 1. The number of nitrogens with one attached hydrogen (secondary N) is 4. The number of carboxylic acid groups (broad SMARTS) is 1. The molecule has 98 heavy (non-hydrogen) atoms. The number of thiophene rings is 1. The summed E-state index contributed by atoms with van der Waals surface area (Å²) < 4.78 is 80.5. The normalized spacial score (nSPS) is 18.4. The highest BCUT2D eigenvalue weighted by Gasteiger charge is 2.34. The number of hydrogen-bond donors (Lipinski definition) is 5. The van der Waals surface area contributed by atoms with Crippen molar-refractivity contribution in [3.63, 3.8) is 0 Å². The second-order valence-electron chi connectivity index (χ2n) is 24.6. The van der Waals surface area contributed by atoms with Crippen molar-refractivity contribution in [2.75, 3.05) is 78.0 Å². The van der Waals surface area contributed by atoms with E-state index in [1.54, 1.807) is 62.4 Å². The van der Waals surface area contributed by atoms with Crippen molar-refractivity contribution < 1.29 is 79.7 Å². The van der Waals surface area contributed by atoms with E-state index in [-0.39, 0.29) is 81.8 Å². The number of piperazine rings is 1. The minimum atomic E-state index is -4.52. The number of para-hydroxylation sites is 1. The fourth-order valence-corrected chi connectivity index (χ4v) is 13.0. The SMILES string of the molecule is CC1C(Cl)=C(OCCN2CC[N+](C)(Cc3ccc(NC(=O)[C@H](CCCNC(N)=O)NC(=O)C(NC(=O)CCOCCN4C(=O)C=CC4=O)C(C)C)cc3)CC2)C=CC1=c1c(=C2C=CC(F)=CC2)sc2ncnc(O[C@H](Cc3ccccc3OCc3ccnn3CC(F)(F)F)C(=O)[O-])c12. The van der Waals surface area contributed by atoms with Crippen molar-refractivity contribution >= 4 is 91.5 Å². The van der Waals surface area contributed by atoms with E-state index in [4.69, 9.17) is 36.3 Å². The molecule has 30 heteroatoms. The van der Waals surface area contributed by atoms with Gasteiger partial charge in [0.05, 0.1) is 62.0 Å². The number of carboxylic acids is 1. The number of likely N-dealkylation sites (N-methyl/N-ethyl adjacent to an activating group) is 1. The highest BCUT2D eigenvalue weighted by Crippen LogP contribution is 2.35. The van der Waals surface area contributed by atoms with E-state index in [0.29, 0.717) is 73.7 Å². The molecular weight excluding hydrogens is 1320 g/mol. The van der Waals surface area contributed by atoms with E-state index in [1.165, 1.54) is 54.2 Å². The summed E-state index contributed by atoms with van der Waals surface area (Å²) in [6.45, 7) is 8.82. The number of amides is 7. The Morgan fingerprint density at radius 2 is 1.64 bits per heavy atom. The third kappa shape index (κ3) is 19.7. The van der Waals surface area contributed by atoms with E-state index >= 15 is 0 Å². The molecule has 5 heterocycles. The molecule has 0 bridgehead atoms. The number of rotatable bonds is 31. The molecule has 522 valence electrons. The number of halogens is 5. The number of anilines is 1. The number of allylic oxidation sites excluding steroid dienone is 7. The lowest BCUT2D eigenvalue weighted by atomic mass is 9.92. The number of carbonyl (C=O) groups excluding carboxylic acids is 7. The molecule has 4 atom stereocenters. The largest absolute Gasteiger partial charge is 0.546 e. The van der Waals surface area contributed by atoms with Crippen LogP contribution in [0.5, 0.6) is 11.6 Å². The first-order valence-corrected chi connectivity index (χ1v) is 33.1. The van der Waals surface area contributed by atoms with Crippen LogP contribution in [0.2, 0.25) is 0 Å². The summed E-state index contributed by atoms with van der Waals surface area (Å²) in [5.74, 6) is -4.69. The number of primary amides is 1. The molecule has 2 aliphatic carbocycles. The van der Waals surface area contributed by atoms with Crippen molar-refractivity contribution in [2.24, 2.45) is 17.6 Å². The van der Waals surface area contributed by atoms with Crippen LogP contribution in [0.25, 0.3) is 21.4 Å². The number of hydrogen-bond acceptors (Lipinski definition) is 17. The minimum absolute atomic E-state index is 0.0238. The monoisotopic (exact) mass is 1400 g/mol. The quantitative estimate of drug-likeness (QED) is 0.0171. The van der Waals surface area contributed by atoms with Gasteiger partial charge < -0.3 is 60.3 Å². The van der Waals surface area contributed by atoms with E-state index in [0.717, 1.165) is 51.4 Å². The van der Waals surface area contributed by atoms with Gasteiger partial charge in [-0.1, -0.05) is 74.9 Å². The second kappa shape index (κ2) is 33.3. The summed E-state index contributed by atoms with van der Waals surface area (Å²) in [4.78, 5) is 101. The summed E-state index contributed by atoms with van der Waals surface area (Å²) in [6.07, 6.45) is 7.07. The molecule has 1 fully saturated rings. The number of ether oxygens (including phenoxy) is 4. The standard InChI is InChI=1S/C68H77ClF4N12O12S/c1-41(2)60(81-54(86)24-33-94-34-30-83-55(87)21-22-56(83)88)63(90)80-50(9-7-25-75-67(74)93)62(89)79-47-17-11-43(12-18-47)37-85(4)31-27-82(28-32-85)29-35-95-52-20-19-49(42(3)59(52)69)57-58-64(76-40-77-65(58)98-61(57)44-13-15-46(70)16-14-44)97-53(66(91)92)36-45-8-5-6-10-51(45)96-38-48-23-26-78-84(48)39-68(71,72)73/h5-6,8,10-13,15-23,26,40-42,50,53,60H,7,9,14,24-25,27-39H2,1-4H3,(H6-,74,75,79,80,81,86,89,90,91,92,93)/t42?,50-,53+,60?/m0/s1. The van der Waals surface area contributed by atoms with Gasteiger partial charge in [0.1, 0.15) is 73.0 Å². The van der Waals surface area contributed by atoms with Gasteiger partial charge in [0.2, 0.25) is 23.6 Å². The number of nitrogens with zero attached hydrogens (tertiary/aromatic N) is 7. The second-order valence-corrected chi connectivity index (χ2v) is 26.0. The van der Waals surface area contributed by atoms with Crippen LogP contribution >= 0.6 is 22.9 Å². The van der Waals surface area contributed by atoms with Gasteiger partial charge in [-0.2, -0.15) is 18.3 Å². The first-order chi connectivity index (χ1) is 46.8. The van der Waals surface area contributed by atoms with Crippen LogP contribution in [0.4, 0.5) is 28.0 Å². The Morgan fingerprint density at radius 3 is 2.34 bits per heavy atom. The van der Waals surface area contributed by atoms with Crippen LogP contribution in [0, 0.1) is 11.8 Å². The first kappa shape index (κ1) is 73.0. The summed E-state index contributed by atoms with van der Waals surface area (Å²) in [6, 6.07) is 12.5. The highest BCUT2D eigenvalue weighted by atomic mass is 35.5. The van der Waals surface area contributed by atoms with Gasteiger partial charge in [0.15, 0.2) is 0 Å². The number of benzene rings is 2. The molecule has 1 saturated heterocycles. The van der Waals surface area contributed by atoms with E-state index in [2.05, 4.69) is 48.3 Å². The molecule has 5 aromatic rings. The summed E-state index contributed by atoms with van der Waals surface area (Å²) in [5.41, 5.74) is 8.77. The van der Waals surface area contributed by atoms with Crippen LogP contribution in [0.15, 0.2) is 126 Å². The summed E-state index contributed by atoms with van der Waals surface area (Å²) in [7, 11) is 2.19. The predicted molar refractivity (Wildman–Crippen MR) is 354 cm³/mol. The van der Waals surface area contributed by atoms with Crippen molar-refractivity contribution in [1.29, 1.82) is 0 Å². The number of alkyl halides is 3. The van der Waals surface area contributed by atoms with Crippen LogP contribution in [-0.2, 0) is 64.4 Å². The lowest BCUT2D eigenvalue weighted by molar-refractivity contribution is -0.926. The zero-order valence-electron chi connectivity index (χ0n) is 54.4. The van der Waals surface area contributed by atoms with Crippen LogP contribution in [0.3, 0.4) is 0 Å². The molecule has 9 rings (SSSR count). The number of nitrogens with two attached hydrogens (primary N) is 1. The zero-order valence-corrected chi connectivity index (χ0v) is 56.0. The molecular formula is C68H77ClF4N12O12S. The topological polar surface area (TPSA) is 304 Å². The van der Waals surface area contributed by atoms with Gasteiger partial charge in [-0.3, -0.25) is 38.5 Å². The molecule has 4 aliphatic rings. The zero-order chi connectivity index (χ0) is 70.3. The average molecular weight is 1400 g/mol. The third-order valence-electron chi connectivity index (χ3n) is 17.0. The fourth-order valence-electron chi connectivity index (χ4n) is 11.5. The van der Waals surface area contributed by atoms with Gasteiger partial charge >= 0.3 is 12.2 Å². The number of imide groups is 1. The number of aliphatic carboxylic acids is 1. The van der Waals surface area contributed by atoms with Crippen molar-refractivity contribution in [3.05, 3.63) is 153 Å². The Bertz CT molecular complexity index is 4050. The third-order valence-corrected chi connectivity index (χ3v) is 18.6. The molecule has 0 spiro atoms. The molecule has 24 nitrogen and oxygen atoms in total. The molecule has 3 aromatic heterocycles. The van der Waals surface area contributed by atoms with Gasteiger partial charge in [0, 0.05) is 84.3 Å². The first-order valence-electron chi connectivity index (χ1n) is 31.9. The molecule has 2 aromatic carbocycles. The predicted octanol–water partition coefficient (Wildman–Crippen LogP) is 4.86. The number of urea groups is 1. The Kier molecular flexibility index (Phi) is 24.8. The molecule has 6 N–H and O–H groups in total. The highest BCUT2D eigenvalue weighted by molar-refractivity contribution is 7.16. The molecule has 0 radical (unpaired) electrons. The van der Waals surface area contributed by atoms with E-state index in [9.17, 15) is 56.2 Å². The molecule has 2 aliphatic heterocycles. The number of aromatic nitrogens is 4. The van der Waals surface area contributed by atoms with Crippen LogP contribution < -0.4 is 51.3 Å². The van der Waals surface area contributed by atoms with Gasteiger partial charge in [-0.15, -0.1) is 11.3 Å². The molecule has 2 unspecified atom stereocenters. The molecule has 7 amide bonds. The van der Waals surface area contributed by atoms with Crippen LogP contribution in [-0.4, -0.2) is 173 Å². The Hall–Kier alpha value is -9.29. The lowest BCUT2D eigenvalue weighted by Gasteiger charge is -2.42.